The fourth-order valence-electron chi connectivity index (χ4n) is 2.20. The summed E-state index contributed by atoms with van der Waals surface area (Å²) in [5, 5.41) is 24.9. The lowest BCUT2D eigenvalue weighted by atomic mass is 10.00. The van der Waals surface area contributed by atoms with Crippen molar-refractivity contribution in [1.82, 2.24) is 25.6 Å². The molecular formula is C15H24N6O2. The van der Waals surface area contributed by atoms with E-state index >= 15 is 0 Å². The van der Waals surface area contributed by atoms with Gasteiger partial charge in [0.1, 0.15) is 11.4 Å². The third kappa shape index (κ3) is 4.10. The number of aliphatic hydroxyl groups is 1. The molecule has 0 amide bonds. The quantitative estimate of drug-likeness (QED) is 0.551. The standard InChI is InChI=1S/C15H24N6O2/c1-10-13(11(2)23-20-10)7-17-14(16-4)18-9-15(3,22)12-6-19-21(5)8-12/h6,8,22H,7,9H2,1-5H3,(H2,16,17,18). The van der Waals surface area contributed by atoms with Crippen LogP contribution in [0.4, 0.5) is 0 Å². The van der Waals surface area contributed by atoms with E-state index in [1.165, 1.54) is 0 Å². The fraction of sp³-hybridized carbons (Fsp3) is 0.533. The zero-order chi connectivity index (χ0) is 17.0. The molecule has 8 nitrogen and oxygen atoms in total. The highest BCUT2D eigenvalue weighted by atomic mass is 16.5. The molecule has 0 fully saturated rings. The lowest BCUT2D eigenvalue weighted by molar-refractivity contribution is 0.0616. The Morgan fingerprint density at radius 1 is 1.43 bits per heavy atom. The molecule has 0 aliphatic carbocycles. The first kappa shape index (κ1) is 17.0. The molecule has 2 aromatic rings. The third-order valence-electron chi connectivity index (χ3n) is 3.76. The third-order valence-corrected chi connectivity index (χ3v) is 3.76. The molecule has 0 spiro atoms. The molecule has 0 aromatic carbocycles. The molecule has 0 saturated carbocycles. The Labute approximate surface area is 135 Å². The van der Waals surface area contributed by atoms with Gasteiger partial charge in [-0.2, -0.15) is 5.10 Å². The second-order valence-corrected chi connectivity index (χ2v) is 5.76. The van der Waals surface area contributed by atoms with E-state index in [0.29, 0.717) is 19.0 Å². The van der Waals surface area contributed by atoms with E-state index in [9.17, 15) is 5.11 Å². The Morgan fingerprint density at radius 2 is 2.17 bits per heavy atom. The Bertz CT molecular complexity index is 666. The Hall–Kier alpha value is -2.35. The molecule has 2 aromatic heterocycles. The number of hydrogen-bond acceptors (Lipinski definition) is 5. The molecule has 0 bridgehead atoms. The maximum Gasteiger partial charge on any atom is 0.191 e. The van der Waals surface area contributed by atoms with Gasteiger partial charge in [0.25, 0.3) is 0 Å². The van der Waals surface area contributed by atoms with Crippen molar-refractivity contribution in [1.29, 1.82) is 0 Å². The maximum atomic E-state index is 10.6. The van der Waals surface area contributed by atoms with Crippen LogP contribution >= 0.6 is 0 Å². The second-order valence-electron chi connectivity index (χ2n) is 5.76. The van der Waals surface area contributed by atoms with Crippen LogP contribution in [-0.4, -0.2) is 39.6 Å². The Kier molecular flexibility index (Phi) is 5.05. The zero-order valence-electron chi connectivity index (χ0n) is 14.2. The normalized spacial score (nSPS) is 14.6. The number of hydrogen-bond donors (Lipinski definition) is 3. The summed E-state index contributed by atoms with van der Waals surface area (Å²) in [7, 11) is 3.50. The molecule has 2 rings (SSSR count). The first-order chi connectivity index (χ1) is 10.8. The van der Waals surface area contributed by atoms with E-state index in [0.717, 1.165) is 22.6 Å². The van der Waals surface area contributed by atoms with Gasteiger partial charge in [-0.25, -0.2) is 0 Å². The molecule has 126 valence electrons. The largest absolute Gasteiger partial charge is 0.383 e. The summed E-state index contributed by atoms with van der Waals surface area (Å²) in [6, 6.07) is 0. The van der Waals surface area contributed by atoms with Crippen LogP contribution in [0.2, 0.25) is 0 Å². The van der Waals surface area contributed by atoms with E-state index in [1.54, 1.807) is 31.0 Å². The summed E-state index contributed by atoms with van der Waals surface area (Å²) in [5.74, 6) is 1.38. The predicted octanol–water partition coefficient (Wildman–Crippen LogP) is 0.598. The summed E-state index contributed by atoms with van der Waals surface area (Å²) >= 11 is 0. The lowest BCUT2D eigenvalue weighted by Crippen LogP contribution is -2.44. The van der Waals surface area contributed by atoms with Crippen LogP contribution in [-0.2, 0) is 19.2 Å². The molecule has 2 heterocycles. The van der Waals surface area contributed by atoms with Crippen LogP contribution in [0.3, 0.4) is 0 Å². The molecule has 0 radical (unpaired) electrons. The van der Waals surface area contributed by atoms with Gasteiger partial charge in [0.15, 0.2) is 5.96 Å². The summed E-state index contributed by atoms with van der Waals surface area (Å²) in [4.78, 5) is 4.16. The molecule has 1 unspecified atom stereocenters. The highest BCUT2D eigenvalue weighted by molar-refractivity contribution is 5.79. The number of guanidine groups is 1. The van der Waals surface area contributed by atoms with Crippen LogP contribution in [0.1, 0.15) is 29.5 Å². The van der Waals surface area contributed by atoms with Gasteiger partial charge >= 0.3 is 0 Å². The number of aromatic nitrogens is 3. The van der Waals surface area contributed by atoms with Crippen LogP contribution < -0.4 is 10.6 Å². The van der Waals surface area contributed by atoms with Crippen molar-refractivity contribution in [2.75, 3.05) is 13.6 Å². The minimum Gasteiger partial charge on any atom is -0.383 e. The number of nitrogens with zero attached hydrogens (tertiary/aromatic N) is 4. The van der Waals surface area contributed by atoms with E-state index in [2.05, 4.69) is 25.9 Å². The van der Waals surface area contributed by atoms with E-state index in [4.69, 9.17) is 4.52 Å². The van der Waals surface area contributed by atoms with Crippen molar-refractivity contribution < 1.29 is 9.63 Å². The van der Waals surface area contributed by atoms with Crippen LogP contribution in [0, 0.1) is 13.8 Å². The van der Waals surface area contributed by atoms with Crippen molar-refractivity contribution in [3.05, 3.63) is 35.0 Å². The monoisotopic (exact) mass is 320 g/mol. The molecule has 1 atom stereocenters. The second kappa shape index (κ2) is 6.82. The van der Waals surface area contributed by atoms with Crippen molar-refractivity contribution in [2.24, 2.45) is 12.0 Å². The van der Waals surface area contributed by atoms with Gasteiger partial charge in [0, 0.05) is 38.0 Å². The van der Waals surface area contributed by atoms with Gasteiger partial charge < -0.3 is 20.3 Å². The predicted molar refractivity (Wildman–Crippen MR) is 87.0 cm³/mol. The smallest absolute Gasteiger partial charge is 0.191 e. The summed E-state index contributed by atoms with van der Waals surface area (Å²) < 4.78 is 6.80. The Balaban J connectivity index is 1.93. The molecule has 8 heteroatoms. The number of nitrogens with one attached hydrogen (secondary N) is 2. The minimum atomic E-state index is -1.05. The maximum absolute atomic E-state index is 10.6. The van der Waals surface area contributed by atoms with Gasteiger partial charge in [-0.3, -0.25) is 9.67 Å². The molecule has 3 N–H and O–H groups in total. The van der Waals surface area contributed by atoms with Crippen molar-refractivity contribution >= 4 is 5.96 Å². The van der Waals surface area contributed by atoms with Gasteiger partial charge in [-0.1, -0.05) is 5.16 Å². The van der Waals surface area contributed by atoms with Gasteiger partial charge in [-0.15, -0.1) is 0 Å². The van der Waals surface area contributed by atoms with Gasteiger partial charge in [-0.05, 0) is 20.8 Å². The van der Waals surface area contributed by atoms with Crippen molar-refractivity contribution in [2.45, 2.75) is 32.9 Å². The van der Waals surface area contributed by atoms with Crippen LogP contribution in [0.5, 0.6) is 0 Å². The highest BCUT2D eigenvalue weighted by Gasteiger charge is 2.25. The highest BCUT2D eigenvalue weighted by Crippen LogP contribution is 2.18. The summed E-state index contributed by atoms with van der Waals surface area (Å²) in [6.07, 6.45) is 3.45. The zero-order valence-corrected chi connectivity index (χ0v) is 14.2. The summed E-state index contributed by atoms with van der Waals surface area (Å²) in [6.45, 7) is 6.37. The number of aliphatic imine (C=N–C) groups is 1. The average Bonchev–Trinajstić information content (AvgIpc) is 3.07. The van der Waals surface area contributed by atoms with E-state index in [-0.39, 0.29) is 0 Å². The van der Waals surface area contributed by atoms with Gasteiger partial charge in [0.05, 0.1) is 18.4 Å². The Morgan fingerprint density at radius 3 is 2.70 bits per heavy atom. The van der Waals surface area contributed by atoms with E-state index < -0.39 is 5.60 Å². The number of rotatable bonds is 5. The van der Waals surface area contributed by atoms with Gasteiger partial charge in [0.2, 0.25) is 0 Å². The average molecular weight is 320 g/mol. The molecule has 0 saturated heterocycles. The lowest BCUT2D eigenvalue weighted by Gasteiger charge is -2.23. The van der Waals surface area contributed by atoms with E-state index in [1.807, 2.05) is 20.9 Å². The molecule has 23 heavy (non-hydrogen) atoms. The van der Waals surface area contributed by atoms with Crippen molar-refractivity contribution in [3.8, 4) is 0 Å². The molecular weight excluding hydrogens is 296 g/mol. The number of aryl methyl sites for hydroxylation is 3. The SMILES string of the molecule is CN=C(NCc1c(C)noc1C)NCC(C)(O)c1cnn(C)c1. The first-order valence-corrected chi connectivity index (χ1v) is 7.41. The molecule has 0 aliphatic heterocycles. The molecule has 0 aliphatic rings. The van der Waals surface area contributed by atoms with Crippen LogP contribution in [0.15, 0.2) is 21.9 Å². The minimum absolute atomic E-state index is 0.306. The summed E-state index contributed by atoms with van der Waals surface area (Å²) in [5.41, 5.74) is 1.56. The first-order valence-electron chi connectivity index (χ1n) is 7.41. The topological polar surface area (TPSA) is 100 Å². The van der Waals surface area contributed by atoms with Crippen LogP contribution in [0.25, 0.3) is 0 Å². The fourth-order valence-corrected chi connectivity index (χ4v) is 2.20. The van der Waals surface area contributed by atoms with Crippen molar-refractivity contribution in [3.63, 3.8) is 0 Å².